The van der Waals surface area contributed by atoms with Crippen molar-refractivity contribution in [1.29, 1.82) is 0 Å². The van der Waals surface area contributed by atoms with E-state index in [1.165, 1.54) is 11.6 Å². The Hall–Kier alpha value is -3.68. The van der Waals surface area contributed by atoms with Crippen LogP contribution in [0.3, 0.4) is 0 Å². The van der Waals surface area contributed by atoms with E-state index in [2.05, 4.69) is 41.1 Å². The lowest BCUT2D eigenvalue weighted by molar-refractivity contribution is -0.385. The number of nitro benzene ring substituents is 1. The molecule has 1 fully saturated rings. The molecule has 154 valence electrons. The van der Waals surface area contributed by atoms with E-state index < -0.39 is 4.92 Å². The zero-order valence-electron chi connectivity index (χ0n) is 17.0. The topological polar surface area (TPSA) is 84.5 Å². The number of hydrogen-bond acceptors (Lipinski definition) is 5. The predicted molar refractivity (Wildman–Crippen MR) is 114 cm³/mol. The summed E-state index contributed by atoms with van der Waals surface area (Å²) in [6.07, 6.45) is 3.71. The molecule has 1 aromatic heterocycles. The third-order valence-electron chi connectivity index (χ3n) is 5.44. The monoisotopic (exact) mass is 405 g/mol. The number of carbonyl (C=O) groups excluding carboxylic acids is 1. The maximum atomic E-state index is 12.9. The molecule has 0 unspecified atom stereocenters. The zero-order valence-corrected chi connectivity index (χ0v) is 17.0. The van der Waals surface area contributed by atoms with Gasteiger partial charge < -0.3 is 9.80 Å². The summed E-state index contributed by atoms with van der Waals surface area (Å²) in [4.78, 5) is 32.0. The number of piperazine rings is 1. The number of nitro groups is 1. The molecule has 0 spiro atoms. The van der Waals surface area contributed by atoms with E-state index in [0.29, 0.717) is 37.3 Å². The molecule has 1 saturated heterocycles. The molecule has 8 nitrogen and oxygen atoms in total. The summed E-state index contributed by atoms with van der Waals surface area (Å²) in [5.74, 6) is 0.663. The number of carbonyl (C=O) groups is 1. The van der Waals surface area contributed by atoms with Crippen molar-refractivity contribution >= 4 is 17.5 Å². The highest BCUT2D eigenvalue weighted by Crippen LogP contribution is 2.23. The molecule has 8 heteroatoms. The fourth-order valence-corrected chi connectivity index (χ4v) is 3.67. The van der Waals surface area contributed by atoms with Gasteiger partial charge in [0.25, 0.3) is 11.6 Å². The first-order valence-corrected chi connectivity index (χ1v) is 9.83. The number of amides is 1. The minimum atomic E-state index is -0.449. The average molecular weight is 405 g/mol. The maximum Gasteiger partial charge on any atom is 0.273 e. The van der Waals surface area contributed by atoms with Gasteiger partial charge in [-0.2, -0.15) is 0 Å². The highest BCUT2D eigenvalue weighted by molar-refractivity contribution is 5.95. The third kappa shape index (κ3) is 3.76. The molecule has 0 atom stereocenters. The summed E-state index contributed by atoms with van der Waals surface area (Å²) in [7, 11) is 0. The molecule has 2 aromatic carbocycles. The van der Waals surface area contributed by atoms with Crippen LogP contribution in [0.25, 0.3) is 5.69 Å². The Balaban J connectivity index is 1.47. The van der Waals surface area contributed by atoms with Crippen molar-refractivity contribution in [3.8, 4) is 5.69 Å². The molecule has 30 heavy (non-hydrogen) atoms. The smallest absolute Gasteiger partial charge is 0.273 e. The predicted octanol–water partition coefficient (Wildman–Crippen LogP) is 3.36. The maximum absolute atomic E-state index is 12.9. The van der Waals surface area contributed by atoms with Gasteiger partial charge in [-0.15, -0.1) is 0 Å². The molecule has 1 aliphatic heterocycles. The lowest BCUT2D eigenvalue weighted by atomic mass is 10.1. The molecule has 0 bridgehead atoms. The number of hydrogen-bond donors (Lipinski definition) is 0. The molecule has 1 aliphatic rings. The summed E-state index contributed by atoms with van der Waals surface area (Å²) in [5.41, 5.74) is 3.10. The SMILES string of the molecule is Cc1ccc(-n2ccnc2N2CCN(C(=O)c3ccc(C)c([N+](=O)[O-])c3)CC2)cc1. The number of anilines is 1. The minimum Gasteiger partial charge on any atom is -0.338 e. The lowest BCUT2D eigenvalue weighted by Crippen LogP contribution is -2.49. The van der Waals surface area contributed by atoms with Crippen molar-refractivity contribution < 1.29 is 9.72 Å². The van der Waals surface area contributed by atoms with Gasteiger partial charge in [-0.1, -0.05) is 23.8 Å². The first-order valence-electron chi connectivity index (χ1n) is 9.83. The van der Waals surface area contributed by atoms with Crippen LogP contribution >= 0.6 is 0 Å². The number of imidazole rings is 1. The van der Waals surface area contributed by atoms with Crippen molar-refractivity contribution in [2.75, 3.05) is 31.1 Å². The minimum absolute atomic E-state index is 0.0281. The Morgan fingerprint density at radius 1 is 1.03 bits per heavy atom. The Bertz CT molecular complexity index is 1080. The van der Waals surface area contributed by atoms with Crippen molar-refractivity contribution in [1.82, 2.24) is 14.5 Å². The largest absolute Gasteiger partial charge is 0.338 e. The van der Waals surface area contributed by atoms with E-state index in [-0.39, 0.29) is 11.6 Å². The van der Waals surface area contributed by atoms with Crippen LogP contribution in [0.15, 0.2) is 54.9 Å². The quantitative estimate of drug-likeness (QED) is 0.491. The summed E-state index contributed by atoms with van der Waals surface area (Å²) >= 11 is 0. The number of aryl methyl sites for hydroxylation is 2. The standard InChI is InChI=1S/C22H23N5O3/c1-16-3-7-19(8-4-16)26-10-9-23-22(26)25-13-11-24(12-14-25)21(28)18-6-5-17(2)20(15-18)27(29)30/h3-10,15H,11-14H2,1-2H3. The van der Waals surface area contributed by atoms with Gasteiger partial charge in [0.2, 0.25) is 5.95 Å². The molecule has 4 rings (SSSR count). The van der Waals surface area contributed by atoms with Crippen molar-refractivity contribution in [3.05, 3.63) is 81.7 Å². The van der Waals surface area contributed by atoms with Crippen LogP contribution in [-0.4, -0.2) is 51.5 Å². The molecule has 2 heterocycles. The third-order valence-corrected chi connectivity index (χ3v) is 5.44. The Labute approximate surface area is 174 Å². The van der Waals surface area contributed by atoms with Crippen LogP contribution in [0.5, 0.6) is 0 Å². The Kier molecular flexibility index (Phi) is 5.22. The molecular weight excluding hydrogens is 382 g/mol. The van der Waals surface area contributed by atoms with E-state index in [4.69, 9.17) is 0 Å². The van der Waals surface area contributed by atoms with Crippen LogP contribution in [0.1, 0.15) is 21.5 Å². The highest BCUT2D eigenvalue weighted by Gasteiger charge is 2.26. The van der Waals surface area contributed by atoms with Crippen LogP contribution in [0, 0.1) is 24.0 Å². The van der Waals surface area contributed by atoms with Crippen LogP contribution in [-0.2, 0) is 0 Å². The summed E-state index contributed by atoms with van der Waals surface area (Å²) in [6.45, 7) is 6.06. The van der Waals surface area contributed by atoms with Gasteiger partial charge in [0.05, 0.1) is 4.92 Å². The second kappa shape index (κ2) is 7.98. The Morgan fingerprint density at radius 2 is 1.73 bits per heavy atom. The fraction of sp³-hybridized carbons (Fsp3) is 0.273. The number of benzene rings is 2. The van der Waals surface area contributed by atoms with Crippen LogP contribution in [0.2, 0.25) is 0 Å². The molecule has 0 radical (unpaired) electrons. The van der Waals surface area contributed by atoms with Gasteiger partial charge in [0.15, 0.2) is 0 Å². The van der Waals surface area contributed by atoms with Gasteiger partial charge >= 0.3 is 0 Å². The second-order valence-electron chi connectivity index (χ2n) is 7.47. The van der Waals surface area contributed by atoms with Crippen LogP contribution < -0.4 is 4.90 Å². The summed E-state index contributed by atoms with van der Waals surface area (Å²) < 4.78 is 2.04. The van der Waals surface area contributed by atoms with E-state index in [1.54, 1.807) is 30.2 Å². The van der Waals surface area contributed by atoms with E-state index in [0.717, 1.165) is 11.6 Å². The van der Waals surface area contributed by atoms with Gasteiger partial charge in [0.1, 0.15) is 0 Å². The van der Waals surface area contributed by atoms with Crippen molar-refractivity contribution in [2.45, 2.75) is 13.8 Å². The molecule has 0 N–H and O–H groups in total. The fourth-order valence-electron chi connectivity index (χ4n) is 3.67. The zero-order chi connectivity index (χ0) is 21.3. The second-order valence-corrected chi connectivity index (χ2v) is 7.47. The van der Waals surface area contributed by atoms with E-state index in [9.17, 15) is 14.9 Å². The Morgan fingerprint density at radius 3 is 2.40 bits per heavy atom. The lowest BCUT2D eigenvalue weighted by Gasteiger charge is -2.35. The van der Waals surface area contributed by atoms with Crippen molar-refractivity contribution in [3.63, 3.8) is 0 Å². The highest BCUT2D eigenvalue weighted by atomic mass is 16.6. The van der Waals surface area contributed by atoms with E-state index in [1.807, 2.05) is 10.8 Å². The van der Waals surface area contributed by atoms with E-state index >= 15 is 0 Å². The molecular formula is C22H23N5O3. The molecule has 0 aliphatic carbocycles. The normalized spacial score (nSPS) is 14.1. The van der Waals surface area contributed by atoms with Crippen LogP contribution in [0.4, 0.5) is 11.6 Å². The number of rotatable bonds is 4. The van der Waals surface area contributed by atoms with Gasteiger partial charge in [-0.3, -0.25) is 19.5 Å². The molecule has 3 aromatic rings. The molecule has 1 amide bonds. The number of aromatic nitrogens is 2. The summed E-state index contributed by atoms with van der Waals surface area (Å²) in [6, 6.07) is 12.9. The number of nitrogens with zero attached hydrogens (tertiary/aromatic N) is 5. The average Bonchev–Trinajstić information content (AvgIpc) is 3.24. The first-order chi connectivity index (χ1) is 14.4. The molecule has 0 saturated carbocycles. The van der Waals surface area contributed by atoms with Crippen molar-refractivity contribution in [2.24, 2.45) is 0 Å². The van der Waals surface area contributed by atoms with Gasteiger partial charge in [0, 0.05) is 61.5 Å². The van der Waals surface area contributed by atoms with Gasteiger partial charge in [-0.25, -0.2) is 4.98 Å². The first kappa shape index (κ1) is 19.6. The van der Waals surface area contributed by atoms with Gasteiger partial charge in [-0.05, 0) is 32.0 Å². The summed E-state index contributed by atoms with van der Waals surface area (Å²) in [5, 5.41) is 11.2.